The van der Waals surface area contributed by atoms with E-state index >= 15 is 0 Å². The van der Waals surface area contributed by atoms with E-state index in [9.17, 15) is 9.59 Å². The Morgan fingerprint density at radius 3 is 2.87 bits per heavy atom. The van der Waals surface area contributed by atoms with E-state index in [4.69, 9.17) is 9.63 Å². The highest BCUT2D eigenvalue weighted by Gasteiger charge is 2.38. The molecule has 0 saturated heterocycles. The molecule has 1 aromatic carbocycles. The Labute approximate surface area is 179 Å². The number of nitrogens with zero attached hydrogens (tertiary/aromatic N) is 4. The number of rotatable bonds is 6. The molecule has 0 aliphatic carbocycles. The van der Waals surface area contributed by atoms with Gasteiger partial charge in [0.05, 0.1) is 30.7 Å². The first-order valence-corrected chi connectivity index (χ1v) is 10.1. The molecule has 2 aromatic heterocycles. The number of carboxylic acid groups (broad SMARTS) is 1. The third kappa shape index (κ3) is 4.50. The fourth-order valence-corrected chi connectivity index (χ4v) is 3.97. The van der Waals surface area contributed by atoms with Crippen LogP contribution in [0.25, 0.3) is 11.4 Å². The average molecular weight is 423 g/mol. The Morgan fingerprint density at radius 2 is 2.13 bits per heavy atom. The molecule has 1 atom stereocenters. The van der Waals surface area contributed by atoms with E-state index in [2.05, 4.69) is 20.1 Å². The molecule has 3 heterocycles. The van der Waals surface area contributed by atoms with E-state index in [0.717, 1.165) is 22.5 Å². The number of aliphatic carboxylic acids is 1. The van der Waals surface area contributed by atoms with Gasteiger partial charge in [-0.3, -0.25) is 9.59 Å². The number of aryl methyl sites for hydroxylation is 1. The monoisotopic (exact) mass is 423 g/mol. The van der Waals surface area contributed by atoms with Crippen molar-refractivity contribution in [1.29, 1.82) is 0 Å². The average Bonchev–Trinajstić information content (AvgIpc) is 3.34. The lowest BCUT2D eigenvalue weighted by Gasteiger charge is -2.35. The molecule has 1 amide bonds. The molecule has 1 unspecified atom stereocenters. The number of H-pyrrole nitrogens is 1. The second-order valence-corrected chi connectivity index (χ2v) is 8.81. The number of imidazole rings is 1. The number of carboxylic acids is 1. The van der Waals surface area contributed by atoms with Gasteiger partial charge in [0.25, 0.3) is 0 Å². The largest absolute Gasteiger partial charge is 0.481 e. The number of aromatic nitrogens is 4. The van der Waals surface area contributed by atoms with Crippen molar-refractivity contribution >= 4 is 11.9 Å². The Balaban J connectivity index is 1.63. The van der Waals surface area contributed by atoms with Crippen LogP contribution < -0.4 is 0 Å². The first kappa shape index (κ1) is 20.8. The number of nitrogens with one attached hydrogen (secondary N) is 1. The van der Waals surface area contributed by atoms with Crippen molar-refractivity contribution in [1.82, 2.24) is 25.0 Å². The third-order valence-corrected chi connectivity index (χ3v) is 5.48. The zero-order valence-corrected chi connectivity index (χ0v) is 17.8. The number of fused-ring (bicyclic) bond motifs is 1. The van der Waals surface area contributed by atoms with Crippen molar-refractivity contribution < 1.29 is 19.2 Å². The molecule has 0 radical (unpaired) electrons. The van der Waals surface area contributed by atoms with Gasteiger partial charge >= 0.3 is 5.97 Å². The Kier molecular flexibility index (Phi) is 5.34. The summed E-state index contributed by atoms with van der Waals surface area (Å²) in [5.41, 5.74) is 2.96. The van der Waals surface area contributed by atoms with Crippen LogP contribution in [0.5, 0.6) is 0 Å². The maximum atomic E-state index is 13.2. The molecule has 2 N–H and O–H groups in total. The minimum atomic E-state index is -0.927. The molecule has 0 bridgehead atoms. The van der Waals surface area contributed by atoms with Crippen molar-refractivity contribution in [3.8, 4) is 11.4 Å². The van der Waals surface area contributed by atoms with Crippen LogP contribution in [0.15, 0.2) is 35.1 Å². The summed E-state index contributed by atoms with van der Waals surface area (Å²) in [5.74, 6) is -0.282. The topological polar surface area (TPSA) is 125 Å². The molecular formula is C22H25N5O4. The van der Waals surface area contributed by atoms with Gasteiger partial charge < -0.3 is 19.5 Å². The van der Waals surface area contributed by atoms with Crippen molar-refractivity contribution in [3.63, 3.8) is 0 Å². The summed E-state index contributed by atoms with van der Waals surface area (Å²) >= 11 is 0. The lowest BCUT2D eigenvalue weighted by atomic mass is 9.84. The molecule has 162 valence electrons. The number of amides is 1. The van der Waals surface area contributed by atoms with E-state index in [1.54, 1.807) is 25.1 Å². The summed E-state index contributed by atoms with van der Waals surface area (Å²) in [5, 5.41) is 13.3. The van der Waals surface area contributed by atoms with Gasteiger partial charge in [-0.1, -0.05) is 42.8 Å². The Morgan fingerprint density at radius 1 is 1.32 bits per heavy atom. The molecule has 3 aromatic rings. The molecular weight excluding hydrogens is 398 g/mol. The summed E-state index contributed by atoms with van der Waals surface area (Å²) in [7, 11) is 0. The predicted molar refractivity (Wildman–Crippen MR) is 111 cm³/mol. The maximum absolute atomic E-state index is 13.2. The van der Waals surface area contributed by atoms with Gasteiger partial charge in [0.2, 0.25) is 17.6 Å². The number of carbonyl (C=O) groups is 2. The van der Waals surface area contributed by atoms with Gasteiger partial charge in [0, 0.05) is 18.4 Å². The minimum Gasteiger partial charge on any atom is -0.481 e. The minimum absolute atomic E-state index is 0.0926. The number of hydrogen-bond donors (Lipinski definition) is 2. The molecule has 0 fully saturated rings. The number of benzene rings is 1. The number of aromatic amines is 1. The Bertz CT molecular complexity index is 1120. The van der Waals surface area contributed by atoms with Crippen molar-refractivity contribution in [2.24, 2.45) is 5.41 Å². The van der Waals surface area contributed by atoms with Gasteiger partial charge in [-0.2, -0.15) is 4.98 Å². The normalized spacial score (nSPS) is 16.2. The highest BCUT2D eigenvalue weighted by Crippen LogP contribution is 2.35. The number of hydrogen-bond acceptors (Lipinski definition) is 6. The molecule has 9 nitrogen and oxygen atoms in total. The zero-order valence-electron chi connectivity index (χ0n) is 17.8. The van der Waals surface area contributed by atoms with Gasteiger partial charge in [-0.05, 0) is 18.4 Å². The highest BCUT2D eigenvalue weighted by atomic mass is 16.5. The molecule has 0 spiro atoms. The molecule has 9 heteroatoms. The van der Waals surface area contributed by atoms with Crippen LogP contribution in [0.4, 0.5) is 0 Å². The first-order chi connectivity index (χ1) is 14.7. The maximum Gasteiger partial charge on any atom is 0.303 e. The van der Waals surface area contributed by atoms with E-state index in [1.165, 1.54) is 0 Å². The summed E-state index contributed by atoms with van der Waals surface area (Å²) in [6, 6.07) is 7.33. The van der Waals surface area contributed by atoms with Crippen molar-refractivity contribution in [2.45, 2.75) is 52.6 Å². The van der Waals surface area contributed by atoms with Gasteiger partial charge in [-0.25, -0.2) is 4.98 Å². The standard InChI is InChI=1S/C22H25N5O4/c1-13-5-4-6-14(7-13)20-25-21(31-26-20)17-8-15-16(24-12-23-15)11-27(17)18(28)9-22(2,3)10-19(29)30/h4-7,12,17H,8-11H2,1-3H3,(H,23,24)(H,29,30). The predicted octanol–water partition coefficient (Wildman–Crippen LogP) is 3.29. The van der Waals surface area contributed by atoms with Crippen LogP contribution in [0.3, 0.4) is 0 Å². The van der Waals surface area contributed by atoms with Crippen LogP contribution in [0.2, 0.25) is 0 Å². The quantitative estimate of drug-likeness (QED) is 0.623. The fourth-order valence-electron chi connectivity index (χ4n) is 3.97. The Hall–Kier alpha value is -3.49. The molecule has 0 saturated carbocycles. The summed E-state index contributed by atoms with van der Waals surface area (Å²) in [4.78, 5) is 38.1. The molecule has 1 aliphatic heterocycles. The summed E-state index contributed by atoms with van der Waals surface area (Å²) < 4.78 is 5.58. The lowest BCUT2D eigenvalue weighted by Crippen LogP contribution is -2.41. The molecule has 31 heavy (non-hydrogen) atoms. The second-order valence-electron chi connectivity index (χ2n) is 8.81. The van der Waals surface area contributed by atoms with Crippen molar-refractivity contribution in [2.75, 3.05) is 0 Å². The molecule has 4 rings (SSSR count). The second kappa shape index (κ2) is 7.98. The van der Waals surface area contributed by atoms with Gasteiger partial charge in [0.15, 0.2) is 0 Å². The first-order valence-electron chi connectivity index (χ1n) is 10.1. The van der Waals surface area contributed by atoms with Crippen LogP contribution in [-0.2, 0) is 22.6 Å². The van der Waals surface area contributed by atoms with Crippen LogP contribution in [-0.4, -0.2) is 42.0 Å². The van der Waals surface area contributed by atoms with Gasteiger partial charge in [-0.15, -0.1) is 0 Å². The zero-order chi connectivity index (χ0) is 22.2. The smallest absolute Gasteiger partial charge is 0.303 e. The van der Waals surface area contributed by atoms with E-state index in [-0.39, 0.29) is 18.7 Å². The fraction of sp³-hybridized carbons (Fsp3) is 0.409. The van der Waals surface area contributed by atoms with Crippen LogP contribution in [0, 0.1) is 12.3 Å². The number of carbonyl (C=O) groups excluding carboxylic acids is 1. The van der Waals surface area contributed by atoms with E-state index in [1.807, 2.05) is 31.2 Å². The van der Waals surface area contributed by atoms with E-state index < -0.39 is 17.4 Å². The van der Waals surface area contributed by atoms with E-state index in [0.29, 0.717) is 24.7 Å². The third-order valence-electron chi connectivity index (χ3n) is 5.48. The highest BCUT2D eigenvalue weighted by molar-refractivity contribution is 5.78. The van der Waals surface area contributed by atoms with Crippen LogP contribution in [0.1, 0.15) is 55.6 Å². The van der Waals surface area contributed by atoms with Crippen molar-refractivity contribution in [3.05, 3.63) is 53.4 Å². The summed E-state index contributed by atoms with van der Waals surface area (Å²) in [6.07, 6.45) is 2.05. The van der Waals surface area contributed by atoms with Crippen LogP contribution >= 0.6 is 0 Å². The molecule has 1 aliphatic rings. The SMILES string of the molecule is Cc1cccc(-c2noc(C3Cc4nc[nH]c4CN3C(=O)CC(C)(C)CC(=O)O)n2)c1. The summed E-state index contributed by atoms with van der Waals surface area (Å²) in [6.45, 7) is 5.87. The van der Waals surface area contributed by atoms with Gasteiger partial charge in [0.1, 0.15) is 6.04 Å². The lowest BCUT2D eigenvalue weighted by molar-refractivity contribution is -0.142.